The van der Waals surface area contributed by atoms with Gasteiger partial charge in [0.2, 0.25) is 5.91 Å². The normalized spacial score (nSPS) is 14.5. The second-order valence-electron chi connectivity index (χ2n) is 15.4. The van der Waals surface area contributed by atoms with E-state index in [1.54, 1.807) is 0 Å². The molecule has 0 saturated heterocycles. The third kappa shape index (κ3) is 34.3. The third-order valence-corrected chi connectivity index (χ3v) is 10.3. The molecule has 6 heteroatoms. The molecule has 0 aliphatic rings. The number of rotatable bonds is 40. The van der Waals surface area contributed by atoms with E-state index in [-0.39, 0.29) is 0 Å². The molecule has 0 spiro atoms. The van der Waals surface area contributed by atoms with Gasteiger partial charge in [-0.3, -0.25) is 4.79 Å². The summed E-state index contributed by atoms with van der Waals surface area (Å²) in [5, 5.41) is 43.5. The summed E-state index contributed by atoms with van der Waals surface area (Å²) in [5.74, 6) is -0.601. The summed E-state index contributed by atoms with van der Waals surface area (Å²) in [4.78, 5) is 12.5. The van der Waals surface area contributed by atoms with Gasteiger partial charge >= 0.3 is 0 Å². The lowest BCUT2D eigenvalue weighted by Crippen LogP contribution is -2.53. The van der Waals surface area contributed by atoms with Gasteiger partial charge in [-0.2, -0.15) is 0 Å². The van der Waals surface area contributed by atoms with E-state index in [1.165, 1.54) is 141 Å². The molecule has 0 saturated carbocycles. The lowest BCUT2D eigenvalue weighted by Gasteiger charge is -2.27. The zero-order chi connectivity index (χ0) is 38.2. The molecule has 0 heterocycles. The van der Waals surface area contributed by atoms with Gasteiger partial charge in [0, 0.05) is 0 Å². The molecular weight excluding hydrogens is 647 g/mol. The van der Waals surface area contributed by atoms with Crippen LogP contribution in [0.15, 0.2) is 36.5 Å². The minimum atomic E-state index is -1.29. The molecule has 0 rings (SSSR count). The van der Waals surface area contributed by atoms with Gasteiger partial charge < -0.3 is 25.7 Å². The molecule has 0 fully saturated rings. The summed E-state index contributed by atoms with van der Waals surface area (Å²) in [7, 11) is 0. The molecule has 4 atom stereocenters. The van der Waals surface area contributed by atoms with Gasteiger partial charge in [0.15, 0.2) is 0 Å². The molecule has 0 aliphatic carbocycles. The fourth-order valence-corrected chi connectivity index (χ4v) is 6.72. The predicted molar refractivity (Wildman–Crippen MR) is 224 cm³/mol. The number of unbranched alkanes of at least 4 members (excludes halogenated alkanes) is 25. The van der Waals surface area contributed by atoms with Gasteiger partial charge in [-0.15, -0.1) is 0 Å². The average Bonchev–Trinajstić information content (AvgIpc) is 3.15. The lowest BCUT2D eigenvalue weighted by molar-refractivity contribution is -0.132. The fourth-order valence-electron chi connectivity index (χ4n) is 6.72. The molecule has 0 radical (unpaired) electrons. The SMILES string of the molecule is CCC/C=C/CC/C=C/CCCC(O)C(O)C(CO)NC(=O)C(O)CCCCCCCCCCCC/C=C\CCCCCCCCCCCCCC. The highest BCUT2D eigenvalue weighted by Crippen LogP contribution is 2.15. The maximum atomic E-state index is 12.5. The van der Waals surface area contributed by atoms with Crippen LogP contribution < -0.4 is 5.32 Å². The van der Waals surface area contributed by atoms with Gasteiger partial charge in [0.05, 0.1) is 18.8 Å². The van der Waals surface area contributed by atoms with Crippen LogP contribution in [0.2, 0.25) is 0 Å². The molecule has 0 aromatic heterocycles. The van der Waals surface area contributed by atoms with Crippen molar-refractivity contribution in [1.29, 1.82) is 0 Å². The van der Waals surface area contributed by atoms with Gasteiger partial charge in [0.25, 0.3) is 0 Å². The van der Waals surface area contributed by atoms with E-state index in [4.69, 9.17) is 0 Å². The summed E-state index contributed by atoms with van der Waals surface area (Å²) in [6.45, 7) is 3.95. The molecule has 306 valence electrons. The summed E-state index contributed by atoms with van der Waals surface area (Å²) >= 11 is 0. The zero-order valence-corrected chi connectivity index (χ0v) is 34.3. The van der Waals surface area contributed by atoms with Gasteiger partial charge in [0.1, 0.15) is 12.2 Å². The van der Waals surface area contributed by atoms with Crippen LogP contribution in [0.3, 0.4) is 0 Å². The molecule has 0 bridgehead atoms. The van der Waals surface area contributed by atoms with Crippen LogP contribution in [0.4, 0.5) is 0 Å². The Balaban J connectivity index is 3.66. The first-order chi connectivity index (χ1) is 25.5. The number of carbonyl (C=O) groups excluding carboxylic acids is 1. The van der Waals surface area contributed by atoms with Crippen LogP contribution in [0.1, 0.15) is 219 Å². The van der Waals surface area contributed by atoms with Crippen molar-refractivity contribution in [2.24, 2.45) is 0 Å². The second-order valence-corrected chi connectivity index (χ2v) is 15.4. The zero-order valence-electron chi connectivity index (χ0n) is 34.3. The van der Waals surface area contributed by atoms with Crippen LogP contribution >= 0.6 is 0 Å². The van der Waals surface area contributed by atoms with Crippen molar-refractivity contribution >= 4 is 5.91 Å². The number of aliphatic hydroxyl groups excluding tert-OH is 4. The number of allylic oxidation sites excluding steroid dienone is 6. The van der Waals surface area contributed by atoms with E-state index < -0.39 is 36.9 Å². The van der Waals surface area contributed by atoms with Crippen LogP contribution in [0.25, 0.3) is 0 Å². The van der Waals surface area contributed by atoms with E-state index in [9.17, 15) is 25.2 Å². The van der Waals surface area contributed by atoms with E-state index in [0.717, 1.165) is 44.9 Å². The fraction of sp³-hybridized carbons (Fsp3) is 0.848. The quantitative estimate of drug-likeness (QED) is 0.0318. The Morgan fingerprint density at radius 2 is 0.846 bits per heavy atom. The Bertz CT molecular complexity index is 828. The minimum Gasteiger partial charge on any atom is -0.394 e. The molecule has 0 aromatic rings. The third-order valence-electron chi connectivity index (χ3n) is 10.3. The number of hydrogen-bond donors (Lipinski definition) is 5. The van der Waals surface area contributed by atoms with Crippen molar-refractivity contribution < 1.29 is 25.2 Å². The second kappa shape index (κ2) is 40.7. The predicted octanol–water partition coefficient (Wildman–Crippen LogP) is 11.7. The van der Waals surface area contributed by atoms with Crippen molar-refractivity contribution in [3.8, 4) is 0 Å². The summed E-state index contributed by atoms with van der Waals surface area (Å²) in [6.07, 6.45) is 47.7. The first kappa shape index (κ1) is 50.5. The van der Waals surface area contributed by atoms with Crippen LogP contribution in [-0.4, -0.2) is 57.3 Å². The largest absolute Gasteiger partial charge is 0.394 e. The topological polar surface area (TPSA) is 110 Å². The summed E-state index contributed by atoms with van der Waals surface area (Å²) in [5.41, 5.74) is 0. The number of aliphatic hydroxyl groups is 4. The maximum absolute atomic E-state index is 12.5. The highest BCUT2D eigenvalue weighted by molar-refractivity contribution is 5.80. The molecular formula is C46H87NO5. The van der Waals surface area contributed by atoms with E-state index in [1.807, 2.05) is 0 Å². The van der Waals surface area contributed by atoms with Gasteiger partial charge in [-0.25, -0.2) is 0 Å². The van der Waals surface area contributed by atoms with E-state index in [0.29, 0.717) is 19.3 Å². The van der Waals surface area contributed by atoms with Crippen LogP contribution in [0.5, 0.6) is 0 Å². The van der Waals surface area contributed by atoms with Crippen molar-refractivity contribution in [2.75, 3.05) is 6.61 Å². The molecule has 4 unspecified atom stereocenters. The summed E-state index contributed by atoms with van der Waals surface area (Å²) in [6, 6.07) is -1.01. The Hall–Kier alpha value is -1.47. The minimum absolute atomic E-state index is 0.358. The highest BCUT2D eigenvalue weighted by Gasteiger charge is 2.28. The standard InChI is InChI=1S/C46H87NO5/c1-3-5-7-9-11-13-15-16-17-18-19-20-21-22-23-24-25-26-27-28-29-30-32-34-36-38-40-44(50)46(52)47-42(41-48)45(51)43(49)39-37-35-33-31-14-12-10-8-6-4-2/h8,10,22-23,31,33,42-45,48-51H,3-7,9,11-21,24-30,32,34-41H2,1-2H3,(H,47,52)/b10-8+,23-22-,33-31+. The number of amides is 1. The van der Waals surface area contributed by atoms with E-state index >= 15 is 0 Å². The van der Waals surface area contributed by atoms with Crippen molar-refractivity contribution in [3.63, 3.8) is 0 Å². The Labute approximate surface area is 322 Å². The number of hydrogen-bond acceptors (Lipinski definition) is 5. The van der Waals surface area contributed by atoms with Gasteiger partial charge in [-0.1, -0.05) is 185 Å². The first-order valence-electron chi connectivity index (χ1n) is 22.4. The van der Waals surface area contributed by atoms with Crippen LogP contribution in [-0.2, 0) is 4.79 Å². The Kier molecular flexibility index (Phi) is 39.6. The molecule has 0 aromatic carbocycles. The molecule has 6 nitrogen and oxygen atoms in total. The lowest BCUT2D eigenvalue weighted by atomic mass is 10.00. The summed E-state index contributed by atoms with van der Waals surface area (Å²) < 4.78 is 0. The van der Waals surface area contributed by atoms with Crippen LogP contribution in [0, 0.1) is 0 Å². The highest BCUT2D eigenvalue weighted by atomic mass is 16.3. The molecule has 5 N–H and O–H groups in total. The maximum Gasteiger partial charge on any atom is 0.249 e. The number of carbonyl (C=O) groups is 1. The van der Waals surface area contributed by atoms with Crippen molar-refractivity contribution in [3.05, 3.63) is 36.5 Å². The molecule has 0 aliphatic heterocycles. The van der Waals surface area contributed by atoms with E-state index in [2.05, 4.69) is 55.6 Å². The molecule has 1 amide bonds. The molecule has 52 heavy (non-hydrogen) atoms. The first-order valence-corrected chi connectivity index (χ1v) is 22.4. The number of nitrogens with one attached hydrogen (secondary N) is 1. The van der Waals surface area contributed by atoms with Gasteiger partial charge in [-0.05, 0) is 70.6 Å². The Morgan fingerprint density at radius 1 is 0.462 bits per heavy atom. The van der Waals surface area contributed by atoms with Crippen molar-refractivity contribution in [1.82, 2.24) is 5.32 Å². The smallest absolute Gasteiger partial charge is 0.249 e. The Morgan fingerprint density at radius 3 is 1.29 bits per heavy atom. The average molecular weight is 734 g/mol. The van der Waals surface area contributed by atoms with Crippen molar-refractivity contribution in [2.45, 2.75) is 244 Å². The monoisotopic (exact) mass is 734 g/mol.